The van der Waals surface area contributed by atoms with Crippen molar-refractivity contribution >= 4 is 34.5 Å². The van der Waals surface area contributed by atoms with E-state index in [0.717, 1.165) is 5.56 Å². The minimum atomic E-state index is -0.0865. The van der Waals surface area contributed by atoms with Gasteiger partial charge in [-0.05, 0) is 31.5 Å². The zero-order valence-corrected chi connectivity index (χ0v) is 17.3. The van der Waals surface area contributed by atoms with Gasteiger partial charge in [0.1, 0.15) is 0 Å². The summed E-state index contributed by atoms with van der Waals surface area (Å²) in [4.78, 5) is 13.8. The largest absolute Gasteiger partial charge is 0.395 e. The van der Waals surface area contributed by atoms with Gasteiger partial charge in [0.15, 0.2) is 17.0 Å². The van der Waals surface area contributed by atoms with Crippen LogP contribution in [0.3, 0.4) is 0 Å². The lowest BCUT2D eigenvalue weighted by atomic mass is 10.2. The molecule has 0 saturated carbocycles. The molecule has 2 aromatic heterocycles. The molecule has 0 amide bonds. The van der Waals surface area contributed by atoms with Gasteiger partial charge >= 0.3 is 0 Å². The van der Waals surface area contributed by atoms with Crippen LogP contribution in [-0.2, 0) is 6.54 Å². The van der Waals surface area contributed by atoms with E-state index in [1.807, 2.05) is 28.8 Å². The summed E-state index contributed by atoms with van der Waals surface area (Å²) in [5.74, 6) is 0.981. The summed E-state index contributed by atoms with van der Waals surface area (Å²) in [6.45, 7) is 5.11. The first kappa shape index (κ1) is 21.3. The Bertz CT molecular complexity index is 930. The number of fused-ring (bicyclic) bond motifs is 1. The number of aromatic nitrogens is 4. The van der Waals surface area contributed by atoms with Crippen molar-refractivity contribution < 1.29 is 10.2 Å². The molecule has 0 radical (unpaired) electrons. The molecule has 3 rings (SSSR count). The second kappa shape index (κ2) is 9.84. The fourth-order valence-electron chi connectivity index (χ4n) is 2.85. The number of aliphatic hydroxyl groups is 2. The second-order valence-corrected chi connectivity index (χ2v) is 7.21. The first-order valence-electron chi connectivity index (χ1n) is 9.49. The molecular weight excluding hydrogens is 394 g/mol. The van der Waals surface area contributed by atoms with Crippen LogP contribution in [0.4, 0.5) is 11.8 Å². The van der Waals surface area contributed by atoms with Crippen molar-refractivity contribution in [3.63, 3.8) is 0 Å². The smallest absolute Gasteiger partial charge is 0.244 e. The topological polar surface area (TPSA) is 111 Å². The summed E-state index contributed by atoms with van der Waals surface area (Å²) in [6.07, 6.45) is 1.75. The summed E-state index contributed by atoms with van der Waals surface area (Å²) < 4.78 is 1.97. The molecule has 1 aromatic carbocycles. The summed E-state index contributed by atoms with van der Waals surface area (Å²) >= 11 is 5.96. The van der Waals surface area contributed by atoms with Gasteiger partial charge in [0.05, 0.1) is 26.1 Å². The summed E-state index contributed by atoms with van der Waals surface area (Å²) in [7, 11) is 0. The van der Waals surface area contributed by atoms with Crippen LogP contribution in [0.1, 0.15) is 25.5 Å². The number of nitrogens with one attached hydrogen (secondary N) is 2. The fraction of sp³-hybridized carbons (Fsp3) is 0.421. The van der Waals surface area contributed by atoms with Gasteiger partial charge in [0.2, 0.25) is 5.95 Å². The molecule has 3 aromatic rings. The highest BCUT2D eigenvalue weighted by molar-refractivity contribution is 6.30. The molecule has 4 N–H and O–H groups in total. The van der Waals surface area contributed by atoms with E-state index in [1.165, 1.54) is 0 Å². The predicted octanol–water partition coefficient (Wildman–Crippen LogP) is 1.97. The number of hydrazine groups is 1. The summed E-state index contributed by atoms with van der Waals surface area (Å²) in [6, 6.07) is 7.75. The van der Waals surface area contributed by atoms with Crippen molar-refractivity contribution in [3.05, 3.63) is 41.2 Å². The minimum absolute atomic E-state index is 0.0459. The van der Waals surface area contributed by atoms with Gasteiger partial charge in [-0.2, -0.15) is 9.97 Å². The number of hydrogen-bond donors (Lipinski definition) is 4. The van der Waals surface area contributed by atoms with Crippen LogP contribution < -0.4 is 15.8 Å². The van der Waals surface area contributed by atoms with Crippen molar-refractivity contribution in [2.24, 2.45) is 0 Å². The Morgan fingerprint density at radius 1 is 1.14 bits per heavy atom. The normalized spacial score (nSPS) is 11.4. The SMILES string of the molecule is CC(C)n1cnc2c(NCc3ccc(Cl)cc3)nc(N(CCO)NCCO)nc21. The standard InChI is InChI=1S/C19H26ClN7O2/c1-13(2)26-12-22-16-17(21-11-14-3-5-15(20)6-4-14)24-19(25-18(16)26)27(8-10-29)23-7-9-28/h3-6,12-13,23,28-29H,7-11H2,1-2H3,(H,21,24,25). The molecule has 0 aliphatic rings. The van der Waals surface area contributed by atoms with Crippen molar-refractivity contribution in [1.82, 2.24) is 24.9 Å². The molecule has 0 aliphatic carbocycles. The Morgan fingerprint density at radius 3 is 2.55 bits per heavy atom. The van der Waals surface area contributed by atoms with Gasteiger partial charge in [-0.25, -0.2) is 10.4 Å². The maximum atomic E-state index is 9.41. The number of halogens is 1. The van der Waals surface area contributed by atoms with E-state index in [1.54, 1.807) is 11.3 Å². The number of rotatable bonds is 10. The summed E-state index contributed by atoms with van der Waals surface area (Å²) in [5, 5.41) is 24.2. The molecule has 0 spiro atoms. The number of nitrogens with zero attached hydrogens (tertiary/aromatic N) is 5. The third-order valence-corrected chi connectivity index (χ3v) is 4.57. The quantitative estimate of drug-likeness (QED) is 0.369. The molecule has 0 bridgehead atoms. The van der Waals surface area contributed by atoms with E-state index in [-0.39, 0.29) is 25.8 Å². The lowest BCUT2D eigenvalue weighted by Crippen LogP contribution is -2.42. The van der Waals surface area contributed by atoms with Gasteiger partial charge in [0.25, 0.3) is 0 Å². The monoisotopic (exact) mass is 419 g/mol. The second-order valence-electron chi connectivity index (χ2n) is 6.78. The molecule has 0 unspecified atom stereocenters. The molecular formula is C19H26ClN7O2. The number of aliphatic hydroxyl groups excluding tert-OH is 2. The Hall–Kier alpha value is -2.46. The lowest BCUT2D eigenvalue weighted by Gasteiger charge is -2.23. The van der Waals surface area contributed by atoms with Crippen LogP contribution in [-0.4, -0.2) is 56.0 Å². The van der Waals surface area contributed by atoms with E-state index in [9.17, 15) is 5.11 Å². The Balaban J connectivity index is 1.98. The zero-order chi connectivity index (χ0) is 20.8. The number of imidazole rings is 1. The van der Waals surface area contributed by atoms with Crippen molar-refractivity contribution in [3.8, 4) is 0 Å². The zero-order valence-electron chi connectivity index (χ0n) is 16.5. The number of hydrogen-bond acceptors (Lipinski definition) is 8. The minimum Gasteiger partial charge on any atom is -0.395 e. The van der Waals surface area contributed by atoms with Gasteiger partial charge in [-0.3, -0.25) is 5.01 Å². The van der Waals surface area contributed by atoms with E-state index >= 15 is 0 Å². The van der Waals surface area contributed by atoms with Crippen LogP contribution in [0, 0.1) is 0 Å². The van der Waals surface area contributed by atoms with E-state index in [2.05, 4.69) is 39.5 Å². The Labute approximate surface area is 174 Å². The predicted molar refractivity (Wildman–Crippen MR) is 114 cm³/mol. The first-order valence-corrected chi connectivity index (χ1v) is 9.87. The number of benzene rings is 1. The highest BCUT2D eigenvalue weighted by atomic mass is 35.5. The highest BCUT2D eigenvalue weighted by Gasteiger charge is 2.18. The maximum Gasteiger partial charge on any atom is 0.244 e. The molecule has 2 heterocycles. The van der Waals surface area contributed by atoms with Gasteiger partial charge in [-0.15, -0.1) is 0 Å². The molecule has 0 saturated heterocycles. The molecule has 29 heavy (non-hydrogen) atoms. The van der Waals surface area contributed by atoms with E-state index < -0.39 is 0 Å². The van der Waals surface area contributed by atoms with Gasteiger partial charge < -0.3 is 20.1 Å². The average molecular weight is 420 g/mol. The van der Waals surface area contributed by atoms with Crippen LogP contribution >= 0.6 is 11.6 Å². The third kappa shape index (κ3) is 5.13. The van der Waals surface area contributed by atoms with E-state index in [4.69, 9.17) is 16.7 Å². The average Bonchev–Trinajstić information content (AvgIpc) is 3.15. The van der Waals surface area contributed by atoms with Crippen molar-refractivity contribution in [1.29, 1.82) is 0 Å². The van der Waals surface area contributed by atoms with Crippen LogP contribution in [0.25, 0.3) is 11.2 Å². The van der Waals surface area contributed by atoms with Crippen LogP contribution in [0.15, 0.2) is 30.6 Å². The Morgan fingerprint density at radius 2 is 1.90 bits per heavy atom. The van der Waals surface area contributed by atoms with Gasteiger partial charge in [0, 0.05) is 24.2 Å². The molecule has 0 aliphatic heterocycles. The molecule has 0 fully saturated rings. The maximum absolute atomic E-state index is 9.41. The van der Waals surface area contributed by atoms with Crippen LogP contribution in [0.2, 0.25) is 5.02 Å². The van der Waals surface area contributed by atoms with Crippen LogP contribution in [0.5, 0.6) is 0 Å². The third-order valence-electron chi connectivity index (χ3n) is 4.32. The number of anilines is 2. The van der Waals surface area contributed by atoms with Gasteiger partial charge in [-0.1, -0.05) is 23.7 Å². The summed E-state index contributed by atoms with van der Waals surface area (Å²) in [5.41, 5.74) is 5.44. The lowest BCUT2D eigenvalue weighted by molar-refractivity contribution is 0.275. The Kier molecular flexibility index (Phi) is 7.21. The highest BCUT2D eigenvalue weighted by Crippen LogP contribution is 2.25. The molecule has 9 nitrogen and oxygen atoms in total. The van der Waals surface area contributed by atoms with Crippen molar-refractivity contribution in [2.45, 2.75) is 26.4 Å². The molecule has 0 atom stereocenters. The molecule has 156 valence electrons. The van der Waals surface area contributed by atoms with E-state index in [0.29, 0.717) is 41.0 Å². The first-order chi connectivity index (χ1) is 14.0. The fourth-order valence-corrected chi connectivity index (χ4v) is 2.98. The molecule has 10 heteroatoms. The van der Waals surface area contributed by atoms with Crippen molar-refractivity contribution in [2.75, 3.05) is 36.6 Å².